The molecule has 2 fully saturated rings. The van der Waals surface area contributed by atoms with Crippen LogP contribution in [0.2, 0.25) is 0 Å². The van der Waals surface area contributed by atoms with Gasteiger partial charge in [0.1, 0.15) is 0 Å². The lowest BCUT2D eigenvalue weighted by Crippen LogP contribution is -2.40. The summed E-state index contributed by atoms with van der Waals surface area (Å²) in [7, 11) is -0.864. The number of nitriles is 1. The van der Waals surface area contributed by atoms with E-state index in [1.165, 1.54) is 0 Å². The average Bonchev–Trinajstić information content (AvgIpc) is 2.86. The maximum absolute atomic E-state index is 11.4. The van der Waals surface area contributed by atoms with E-state index in [-0.39, 0.29) is 17.2 Å². The quantitative estimate of drug-likeness (QED) is 0.761. The van der Waals surface area contributed by atoms with Gasteiger partial charge in [0, 0.05) is 12.6 Å². The van der Waals surface area contributed by atoms with Crippen molar-refractivity contribution < 1.29 is 8.42 Å². The Morgan fingerprint density at radius 1 is 1.41 bits per heavy atom. The standard InChI is InChI=1S/C12H20N2O2S/c1-14(11-4-7-17(15,16)8-11)10-12(9-13)5-2-3-6-12/h11H,2-8,10H2,1H3. The molecule has 1 atom stereocenters. The zero-order valence-corrected chi connectivity index (χ0v) is 11.2. The van der Waals surface area contributed by atoms with E-state index in [4.69, 9.17) is 0 Å². The maximum Gasteiger partial charge on any atom is 0.151 e. The molecule has 0 aromatic rings. The monoisotopic (exact) mass is 256 g/mol. The first-order valence-electron chi connectivity index (χ1n) is 6.28. The van der Waals surface area contributed by atoms with Crippen molar-refractivity contribution in [3.63, 3.8) is 0 Å². The molecule has 1 saturated heterocycles. The molecule has 0 aromatic heterocycles. The summed E-state index contributed by atoms with van der Waals surface area (Å²) in [5, 5.41) is 9.32. The van der Waals surface area contributed by atoms with Crippen molar-refractivity contribution in [3.8, 4) is 6.07 Å². The first-order valence-corrected chi connectivity index (χ1v) is 8.10. The van der Waals surface area contributed by atoms with Gasteiger partial charge in [-0.05, 0) is 26.3 Å². The van der Waals surface area contributed by atoms with Gasteiger partial charge in [0.25, 0.3) is 0 Å². The number of rotatable bonds is 3. The summed E-state index contributed by atoms with van der Waals surface area (Å²) in [6.45, 7) is 0.726. The van der Waals surface area contributed by atoms with Gasteiger partial charge < -0.3 is 4.90 Å². The van der Waals surface area contributed by atoms with E-state index in [0.29, 0.717) is 5.75 Å². The smallest absolute Gasteiger partial charge is 0.151 e. The summed E-state index contributed by atoms with van der Waals surface area (Å²) in [6.07, 6.45) is 4.91. The van der Waals surface area contributed by atoms with E-state index in [1.54, 1.807) is 0 Å². The van der Waals surface area contributed by atoms with Gasteiger partial charge in [-0.2, -0.15) is 5.26 Å². The van der Waals surface area contributed by atoms with E-state index >= 15 is 0 Å². The van der Waals surface area contributed by atoms with Crippen molar-refractivity contribution in [3.05, 3.63) is 0 Å². The van der Waals surface area contributed by atoms with E-state index in [9.17, 15) is 13.7 Å². The number of sulfone groups is 1. The van der Waals surface area contributed by atoms with Gasteiger partial charge in [-0.3, -0.25) is 0 Å². The van der Waals surface area contributed by atoms with E-state index in [2.05, 4.69) is 11.0 Å². The minimum atomic E-state index is -2.83. The van der Waals surface area contributed by atoms with Crippen LogP contribution in [0.25, 0.3) is 0 Å². The summed E-state index contributed by atoms with van der Waals surface area (Å²) >= 11 is 0. The van der Waals surface area contributed by atoms with Gasteiger partial charge >= 0.3 is 0 Å². The molecule has 96 valence electrons. The molecule has 0 spiro atoms. The zero-order valence-electron chi connectivity index (χ0n) is 10.4. The molecule has 1 heterocycles. The van der Waals surface area contributed by atoms with Crippen LogP contribution in [0.3, 0.4) is 0 Å². The summed E-state index contributed by atoms with van der Waals surface area (Å²) in [5.74, 6) is 0.576. The molecule has 2 rings (SSSR count). The van der Waals surface area contributed by atoms with Gasteiger partial charge in [-0.15, -0.1) is 0 Å². The van der Waals surface area contributed by atoms with Crippen LogP contribution in [0.15, 0.2) is 0 Å². The number of hydrogen-bond acceptors (Lipinski definition) is 4. The van der Waals surface area contributed by atoms with Gasteiger partial charge in [0.15, 0.2) is 9.84 Å². The molecule has 1 saturated carbocycles. The first-order chi connectivity index (χ1) is 7.96. The molecule has 1 aliphatic heterocycles. The van der Waals surface area contributed by atoms with Crippen molar-refractivity contribution >= 4 is 9.84 Å². The Kier molecular flexibility index (Phi) is 3.46. The lowest BCUT2D eigenvalue weighted by atomic mass is 9.87. The minimum absolute atomic E-state index is 0.117. The molecule has 5 heteroatoms. The molecular formula is C12H20N2O2S. The van der Waals surface area contributed by atoms with Crippen molar-refractivity contribution in [1.82, 2.24) is 4.90 Å². The summed E-state index contributed by atoms with van der Waals surface area (Å²) in [6, 6.07) is 2.58. The lowest BCUT2D eigenvalue weighted by molar-refractivity contribution is 0.186. The van der Waals surface area contributed by atoms with Crippen LogP contribution in [-0.4, -0.2) is 44.5 Å². The Hall–Kier alpha value is -0.600. The second kappa shape index (κ2) is 4.58. The molecule has 0 bridgehead atoms. The maximum atomic E-state index is 11.4. The van der Waals surface area contributed by atoms with Gasteiger partial charge in [-0.25, -0.2) is 8.42 Å². The molecule has 0 N–H and O–H groups in total. The second-order valence-corrected chi connectivity index (χ2v) is 7.80. The molecule has 1 unspecified atom stereocenters. The molecule has 0 amide bonds. The predicted molar refractivity (Wildman–Crippen MR) is 66.2 cm³/mol. The SMILES string of the molecule is CN(CC1(C#N)CCCC1)C1CCS(=O)(=O)C1. The van der Waals surface area contributed by atoms with E-state index in [1.807, 2.05) is 7.05 Å². The van der Waals surface area contributed by atoms with Gasteiger partial charge in [-0.1, -0.05) is 12.8 Å². The molecular weight excluding hydrogens is 236 g/mol. The molecule has 17 heavy (non-hydrogen) atoms. The highest BCUT2D eigenvalue weighted by atomic mass is 32.2. The van der Waals surface area contributed by atoms with Crippen molar-refractivity contribution in [1.29, 1.82) is 5.26 Å². The summed E-state index contributed by atoms with van der Waals surface area (Å²) in [5.41, 5.74) is -0.221. The highest BCUT2D eigenvalue weighted by Gasteiger charge is 2.38. The van der Waals surface area contributed by atoms with Crippen LogP contribution in [0, 0.1) is 16.7 Å². The third-order valence-electron chi connectivity index (χ3n) is 4.18. The fourth-order valence-corrected chi connectivity index (χ4v) is 4.89. The molecule has 4 nitrogen and oxygen atoms in total. The van der Waals surface area contributed by atoms with Crippen molar-refractivity contribution in [2.24, 2.45) is 5.41 Å². The Bertz CT molecular complexity index is 418. The highest BCUT2D eigenvalue weighted by Crippen LogP contribution is 2.38. The minimum Gasteiger partial charge on any atom is -0.301 e. The van der Waals surface area contributed by atoms with E-state index < -0.39 is 9.84 Å². The van der Waals surface area contributed by atoms with Crippen LogP contribution in [0.4, 0.5) is 0 Å². The fourth-order valence-electron chi connectivity index (χ4n) is 3.09. The van der Waals surface area contributed by atoms with Crippen LogP contribution in [0.5, 0.6) is 0 Å². The van der Waals surface area contributed by atoms with Gasteiger partial charge in [0.2, 0.25) is 0 Å². The van der Waals surface area contributed by atoms with Gasteiger partial charge in [0.05, 0.1) is 23.0 Å². The summed E-state index contributed by atoms with van der Waals surface area (Å²) in [4.78, 5) is 2.10. The number of hydrogen-bond donors (Lipinski definition) is 0. The topological polar surface area (TPSA) is 61.2 Å². The average molecular weight is 256 g/mol. The third kappa shape index (κ3) is 2.80. The molecule has 1 aliphatic carbocycles. The Labute approximate surface area is 104 Å². The summed E-state index contributed by atoms with van der Waals surface area (Å²) < 4.78 is 22.9. The third-order valence-corrected chi connectivity index (χ3v) is 5.93. The first kappa shape index (κ1) is 12.8. The van der Waals surface area contributed by atoms with Crippen LogP contribution in [-0.2, 0) is 9.84 Å². The fraction of sp³-hybridized carbons (Fsp3) is 0.917. The normalized spacial score (nSPS) is 30.5. The zero-order chi connectivity index (χ0) is 12.5. The van der Waals surface area contributed by atoms with Crippen LogP contribution in [0.1, 0.15) is 32.1 Å². The highest BCUT2D eigenvalue weighted by molar-refractivity contribution is 7.91. The largest absolute Gasteiger partial charge is 0.301 e. The Balaban J connectivity index is 1.98. The number of nitrogens with zero attached hydrogens (tertiary/aromatic N) is 2. The Morgan fingerprint density at radius 3 is 2.53 bits per heavy atom. The van der Waals surface area contributed by atoms with Crippen molar-refractivity contribution in [2.75, 3.05) is 25.1 Å². The van der Waals surface area contributed by atoms with Crippen molar-refractivity contribution in [2.45, 2.75) is 38.1 Å². The Morgan fingerprint density at radius 2 is 2.06 bits per heavy atom. The predicted octanol–water partition coefficient (Wildman–Crippen LogP) is 1.19. The lowest BCUT2D eigenvalue weighted by Gasteiger charge is -2.30. The van der Waals surface area contributed by atoms with Crippen LogP contribution >= 0.6 is 0 Å². The van der Waals surface area contributed by atoms with E-state index in [0.717, 1.165) is 38.6 Å². The molecule has 2 aliphatic rings. The molecule has 0 aromatic carbocycles. The molecule has 0 radical (unpaired) electrons. The second-order valence-electron chi connectivity index (χ2n) is 5.57. The van der Waals surface area contributed by atoms with Crippen LogP contribution < -0.4 is 0 Å².